The Bertz CT molecular complexity index is 515. The van der Waals surface area contributed by atoms with Gasteiger partial charge in [0.1, 0.15) is 0 Å². The fourth-order valence-corrected chi connectivity index (χ4v) is 2.32. The predicted octanol–water partition coefficient (Wildman–Crippen LogP) is 2.85. The van der Waals surface area contributed by atoms with Gasteiger partial charge in [-0.3, -0.25) is 9.89 Å². The molecule has 2 aromatic heterocycles. The zero-order valence-corrected chi connectivity index (χ0v) is 10.7. The van der Waals surface area contributed by atoms with Crippen LogP contribution >= 0.6 is 11.3 Å². The molecule has 0 aliphatic rings. The molecule has 0 radical (unpaired) electrons. The van der Waals surface area contributed by atoms with E-state index in [9.17, 15) is 4.79 Å². The summed E-state index contributed by atoms with van der Waals surface area (Å²) in [6.45, 7) is 4.11. The molecule has 0 bridgehead atoms. The molecule has 0 aliphatic carbocycles. The highest BCUT2D eigenvalue weighted by molar-refractivity contribution is 7.14. The van der Waals surface area contributed by atoms with Crippen molar-refractivity contribution >= 4 is 23.1 Å². The van der Waals surface area contributed by atoms with Crippen LogP contribution in [0.1, 0.15) is 34.1 Å². The third-order valence-corrected chi connectivity index (χ3v) is 3.72. The van der Waals surface area contributed by atoms with E-state index >= 15 is 0 Å². The Balaban J connectivity index is 2.05. The number of nitrogens with one attached hydrogen (secondary N) is 2. The van der Waals surface area contributed by atoms with E-state index < -0.39 is 0 Å². The third-order valence-electron chi connectivity index (χ3n) is 2.49. The van der Waals surface area contributed by atoms with E-state index in [4.69, 9.17) is 0 Å². The zero-order chi connectivity index (χ0) is 12.3. The molecule has 0 atom stereocenters. The minimum Gasteiger partial charge on any atom is -0.304 e. The highest BCUT2D eigenvalue weighted by atomic mass is 32.1. The molecule has 1 amide bonds. The van der Waals surface area contributed by atoms with Crippen molar-refractivity contribution in [2.24, 2.45) is 0 Å². The van der Waals surface area contributed by atoms with Crippen LogP contribution in [-0.2, 0) is 12.8 Å². The van der Waals surface area contributed by atoms with E-state index in [0.717, 1.165) is 23.4 Å². The van der Waals surface area contributed by atoms with Crippen molar-refractivity contribution in [3.63, 3.8) is 0 Å². The standard InChI is InChI=1S/C12H15N3OS/c1-3-8-7-11(15-14-8)13-12(16)10-6-5-9(4-2)17-10/h5-7H,3-4H2,1-2H3,(H2,13,14,15,16). The molecule has 4 nitrogen and oxygen atoms in total. The van der Waals surface area contributed by atoms with Crippen LogP contribution in [-0.4, -0.2) is 16.1 Å². The van der Waals surface area contributed by atoms with Crippen molar-refractivity contribution < 1.29 is 4.79 Å². The van der Waals surface area contributed by atoms with Crippen molar-refractivity contribution in [1.29, 1.82) is 0 Å². The number of rotatable bonds is 4. The Labute approximate surface area is 104 Å². The summed E-state index contributed by atoms with van der Waals surface area (Å²) in [5.74, 6) is 0.488. The Morgan fingerprint density at radius 1 is 1.41 bits per heavy atom. The summed E-state index contributed by atoms with van der Waals surface area (Å²) in [7, 11) is 0. The Hall–Kier alpha value is -1.62. The van der Waals surface area contributed by atoms with Crippen LogP contribution in [0.25, 0.3) is 0 Å². The molecule has 0 saturated heterocycles. The summed E-state index contributed by atoms with van der Waals surface area (Å²) in [4.78, 5) is 13.8. The molecule has 0 aliphatic heterocycles. The van der Waals surface area contributed by atoms with Gasteiger partial charge in [0.05, 0.1) is 4.88 Å². The number of anilines is 1. The van der Waals surface area contributed by atoms with Crippen molar-refractivity contribution in [3.8, 4) is 0 Å². The number of carbonyl (C=O) groups excluding carboxylic acids is 1. The fourth-order valence-electron chi connectivity index (χ4n) is 1.47. The van der Waals surface area contributed by atoms with Crippen LogP contribution in [0.2, 0.25) is 0 Å². The van der Waals surface area contributed by atoms with Crippen LogP contribution in [0.4, 0.5) is 5.82 Å². The average Bonchev–Trinajstić information content (AvgIpc) is 2.96. The lowest BCUT2D eigenvalue weighted by molar-refractivity contribution is 0.103. The molecule has 0 unspecified atom stereocenters. The summed E-state index contributed by atoms with van der Waals surface area (Å²) >= 11 is 1.52. The first-order chi connectivity index (χ1) is 8.22. The van der Waals surface area contributed by atoms with E-state index in [1.165, 1.54) is 16.2 Å². The normalized spacial score (nSPS) is 10.5. The number of hydrogen-bond acceptors (Lipinski definition) is 3. The van der Waals surface area contributed by atoms with Crippen LogP contribution in [0.3, 0.4) is 0 Å². The van der Waals surface area contributed by atoms with Gasteiger partial charge in [-0.05, 0) is 25.0 Å². The smallest absolute Gasteiger partial charge is 0.266 e. The Morgan fingerprint density at radius 3 is 2.82 bits per heavy atom. The monoisotopic (exact) mass is 249 g/mol. The number of amides is 1. The Kier molecular flexibility index (Phi) is 3.58. The molecule has 0 fully saturated rings. The summed E-state index contributed by atoms with van der Waals surface area (Å²) in [6, 6.07) is 5.69. The molecule has 2 rings (SSSR count). The minimum atomic E-state index is -0.0937. The second-order valence-electron chi connectivity index (χ2n) is 3.71. The maximum Gasteiger partial charge on any atom is 0.266 e. The highest BCUT2D eigenvalue weighted by Gasteiger charge is 2.10. The van der Waals surface area contributed by atoms with Gasteiger partial charge in [0.15, 0.2) is 5.82 Å². The number of aryl methyl sites for hydroxylation is 2. The highest BCUT2D eigenvalue weighted by Crippen LogP contribution is 2.18. The van der Waals surface area contributed by atoms with Crippen LogP contribution in [0.5, 0.6) is 0 Å². The van der Waals surface area contributed by atoms with E-state index in [2.05, 4.69) is 22.4 Å². The molecular weight excluding hydrogens is 234 g/mol. The second-order valence-corrected chi connectivity index (χ2v) is 4.87. The average molecular weight is 249 g/mol. The van der Waals surface area contributed by atoms with Gasteiger partial charge in [0.2, 0.25) is 0 Å². The van der Waals surface area contributed by atoms with Crippen molar-refractivity contribution in [2.45, 2.75) is 26.7 Å². The molecule has 90 valence electrons. The minimum absolute atomic E-state index is 0.0937. The summed E-state index contributed by atoms with van der Waals surface area (Å²) in [5, 5.41) is 9.67. The maximum atomic E-state index is 11.9. The third kappa shape index (κ3) is 2.74. The molecule has 2 aromatic rings. The summed E-state index contributed by atoms with van der Waals surface area (Å²) in [6.07, 6.45) is 1.84. The van der Waals surface area contributed by atoms with E-state index in [-0.39, 0.29) is 5.91 Å². The molecule has 2 N–H and O–H groups in total. The van der Waals surface area contributed by atoms with E-state index in [1.807, 2.05) is 25.1 Å². The van der Waals surface area contributed by atoms with Crippen LogP contribution < -0.4 is 5.32 Å². The van der Waals surface area contributed by atoms with Gasteiger partial charge in [0.25, 0.3) is 5.91 Å². The first kappa shape index (κ1) is 11.9. The van der Waals surface area contributed by atoms with Gasteiger partial charge in [0, 0.05) is 16.6 Å². The molecular formula is C12H15N3OS. The van der Waals surface area contributed by atoms with Crippen molar-refractivity contribution in [2.75, 3.05) is 5.32 Å². The summed E-state index contributed by atoms with van der Waals surface area (Å²) in [5.41, 5.74) is 1.01. The lowest BCUT2D eigenvalue weighted by atomic mass is 10.3. The van der Waals surface area contributed by atoms with Crippen molar-refractivity contribution in [3.05, 3.63) is 33.6 Å². The molecule has 0 saturated carbocycles. The van der Waals surface area contributed by atoms with Crippen LogP contribution in [0, 0.1) is 0 Å². The number of carbonyl (C=O) groups is 1. The zero-order valence-electron chi connectivity index (χ0n) is 9.91. The quantitative estimate of drug-likeness (QED) is 0.875. The first-order valence-electron chi connectivity index (χ1n) is 5.67. The molecule has 5 heteroatoms. The number of aromatic nitrogens is 2. The number of nitrogens with zero attached hydrogens (tertiary/aromatic N) is 1. The number of thiophene rings is 1. The number of hydrogen-bond donors (Lipinski definition) is 2. The van der Waals surface area contributed by atoms with Gasteiger partial charge < -0.3 is 5.32 Å². The van der Waals surface area contributed by atoms with Gasteiger partial charge in [-0.2, -0.15) is 5.10 Å². The van der Waals surface area contributed by atoms with E-state index in [0.29, 0.717) is 5.82 Å². The lowest BCUT2D eigenvalue weighted by Gasteiger charge is -1.97. The predicted molar refractivity (Wildman–Crippen MR) is 69.6 cm³/mol. The van der Waals surface area contributed by atoms with E-state index in [1.54, 1.807) is 0 Å². The van der Waals surface area contributed by atoms with Gasteiger partial charge in [-0.25, -0.2) is 0 Å². The molecule has 0 aromatic carbocycles. The Morgan fingerprint density at radius 2 is 2.24 bits per heavy atom. The van der Waals surface area contributed by atoms with Crippen molar-refractivity contribution in [1.82, 2.24) is 10.2 Å². The summed E-state index contributed by atoms with van der Waals surface area (Å²) < 4.78 is 0. The molecule has 2 heterocycles. The van der Waals surface area contributed by atoms with Gasteiger partial charge >= 0.3 is 0 Å². The number of H-pyrrole nitrogens is 1. The number of aromatic amines is 1. The first-order valence-corrected chi connectivity index (χ1v) is 6.49. The topological polar surface area (TPSA) is 57.8 Å². The van der Waals surface area contributed by atoms with Gasteiger partial charge in [-0.15, -0.1) is 11.3 Å². The SMILES string of the molecule is CCc1cc(NC(=O)c2ccc(CC)s2)n[nH]1. The lowest BCUT2D eigenvalue weighted by Crippen LogP contribution is -2.10. The largest absolute Gasteiger partial charge is 0.304 e. The molecule has 0 spiro atoms. The molecule has 17 heavy (non-hydrogen) atoms. The van der Waals surface area contributed by atoms with Crippen LogP contribution in [0.15, 0.2) is 18.2 Å². The van der Waals surface area contributed by atoms with Gasteiger partial charge in [-0.1, -0.05) is 13.8 Å². The fraction of sp³-hybridized carbons (Fsp3) is 0.333. The maximum absolute atomic E-state index is 11.9. The second kappa shape index (κ2) is 5.14.